The van der Waals surface area contributed by atoms with Crippen LogP contribution in [0.3, 0.4) is 0 Å². The van der Waals surface area contributed by atoms with E-state index < -0.39 is 10.0 Å². The Morgan fingerprint density at radius 1 is 1.45 bits per heavy atom. The molecule has 3 rings (SSSR count). The smallest absolute Gasteiger partial charge is 0.248 e. The highest BCUT2D eigenvalue weighted by molar-refractivity contribution is 7.89. The van der Waals surface area contributed by atoms with Gasteiger partial charge in [0.05, 0.1) is 12.2 Å². The SMILES string of the molecule is Cc1cnc([C@@H](NS(=O)(=O)c2cnnn2C)C2CC2)s1. The van der Waals surface area contributed by atoms with Crippen molar-refractivity contribution in [3.8, 4) is 0 Å². The number of aromatic nitrogens is 4. The summed E-state index contributed by atoms with van der Waals surface area (Å²) in [6, 6.07) is -0.256. The lowest BCUT2D eigenvalue weighted by atomic mass is 10.2. The highest BCUT2D eigenvalue weighted by atomic mass is 32.2. The molecule has 0 saturated heterocycles. The third-order valence-corrected chi connectivity index (χ3v) is 5.71. The number of hydrogen-bond acceptors (Lipinski definition) is 6. The van der Waals surface area contributed by atoms with E-state index in [1.165, 1.54) is 22.2 Å². The molecule has 1 saturated carbocycles. The van der Waals surface area contributed by atoms with Gasteiger partial charge < -0.3 is 0 Å². The van der Waals surface area contributed by atoms with Gasteiger partial charge in [-0.1, -0.05) is 5.21 Å². The highest BCUT2D eigenvalue weighted by Gasteiger charge is 2.37. The average molecular weight is 313 g/mol. The van der Waals surface area contributed by atoms with Gasteiger partial charge in [0.15, 0.2) is 5.03 Å². The third kappa shape index (κ3) is 2.60. The van der Waals surface area contributed by atoms with Gasteiger partial charge in [-0.25, -0.2) is 18.1 Å². The maximum absolute atomic E-state index is 12.4. The Morgan fingerprint density at radius 3 is 2.70 bits per heavy atom. The van der Waals surface area contributed by atoms with Crippen LogP contribution in [0.2, 0.25) is 0 Å². The van der Waals surface area contributed by atoms with Gasteiger partial charge >= 0.3 is 0 Å². The topological polar surface area (TPSA) is 89.8 Å². The largest absolute Gasteiger partial charge is 0.260 e. The Labute approximate surface area is 121 Å². The quantitative estimate of drug-likeness (QED) is 0.889. The molecule has 108 valence electrons. The van der Waals surface area contributed by atoms with Crippen LogP contribution in [0.4, 0.5) is 0 Å². The number of hydrogen-bond donors (Lipinski definition) is 1. The standard InChI is InChI=1S/C11H15N5O2S2/c1-7-5-12-11(19-7)10(8-3-4-8)14-20(17,18)9-6-13-15-16(9)2/h5-6,8,10,14H,3-4H2,1-2H3/t10-/m0/s1. The molecule has 20 heavy (non-hydrogen) atoms. The minimum atomic E-state index is -3.64. The summed E-state index contributed by atoms with van der Waals surface area (Å²) in [5, 5.41) is 8.16. The molecule has 9 heteroatoms. The first-order chi connectivity index (χ1) is 9.47. The van der Waals surface area contributed by atoms with E-state index in [1.54, 1.807) is 13.2 Å². The van der Waals surface area contributed by atoms with Gasteiger partial charge in [0.2, 0.25) is 0 Å². The zero-order valence-electron chi connectivity index (χ0n) is 11.1. The van der Waals surface area contributed by atoms with Gasteiger partial charge in [0, 0.05) is 18.1 Å². The molecule has 7 nitrogen and oxygen atoms in total. The van der Waals surface area contributed by atoms with Gasteiger partial charge in [0.25, 0.3) is 10.0 Å². The van der Waals surface area contributed by atoms with Gasteiger partial charge in [-0.3, -0.25) is 0 Å². The molecule has 1 fully saturated rings. The molecule has 2 aromatic rings. The second-order valence-electron chi connectivity index (χ2n) is 4.94. The van der Waals surface area contributed by atoms with Crippen LogP contribution < -0.4 is 4.72 Å². The minimum absolute atomic E-state index is 0.0661. The van der Waals surface area contributed by atoms with Gasteiger partial charge in [-0.2, -0.15) is 4.72 Å². The summed E-state index contributed by atoms with van der Waals surface area (Å²) in [6.45, 7) is 1.96. The number of aryl methyl sites for hydroxylation is 2. The molecule has 0 spiro atoms. The van der Waals surface area contributed by atoms with Gasteiger partial charge in [-0.15, -0.1) is 16.4 Å². The van der Waals surface area contributed by atoms with Crippen LogP contribution in [0.25, 0.3) is 0 Å². The molecule has 0 unspecified atom stereocenters. The van der Waals surface area contributed by atoms with Crippen LogP contribution in [0.15, 0.2) is 17.4 Å². The van der Waals surface area contributed by atoms with Crippen molar-refractivity contribution in [3.63, 3.8) is 0 Å². The van der Waals surface area contributed by atoms with Crippen LogP contribution in [0.1, 0.15) is 28.8 Å². The van der Waals surface area contributed by atoms with Crippen molar-refractivity contribution in [1.29, 1.82) is 0 Å². The Kier molecular flexibility index (Phi) is 3.35. The summed E-state index contributed by atoms with van der Waals surface area (Å²) in [5.74, 6) is 0.330. The first kappa shape index (κ1) is 13.7. The fourth-order valence-electron chi connectivity index (χ4n) is 2.04. The lowest BCUT2D eigenvalue weighted by molar-refractivity contribution is 0.516. The van der Waals surface area contributed by atoms with Gasteiger partial charge in [0.1, 0.15) is 5.01 Å². The molecule has 0 aliphatic heterocycles. The van der Waals surface area contributed by atoms with Crippen LogP contribution in [-0.2, 0) is 17.1 Å². The molecule has 1 aliphatic carbocycles. The summed E-state index contributed by atoms with van der Waals surface area (Å²) in [4.78, 5) is 5.39. The van der Waals surface area contributed by atoms with E-state index >= 15 is 0 Å². The predicted molar refractivity (Wildman–Crippen MR) is 73.6 cm³/mol. The second kappa shape index (κ2) is 4.90. The van der Waals surface area contributed by atoms with Crippen LogP contribution in [-0.4, -0.2) is 28.4 Å². The fraction of sp³-hybridized carbons (Fsp3) is 0.545. The Hall–Kier alpha value is -1.32. The second-order valence-corrected chi connectivity index (χ2v) is 7.87. The number of rotatable bonds is 5. The summed E-state index contributed by atoms with van der Waals surface area (Å²) in [5.41, 5.74) is 0. The van der Waals surface area contributed by atoms with Crippen molar-refractivity contribution in [2.24, 2.45) is 13.0 Å². The monoisotopic (exact) mass is 313 g/mol. The maximum Gasteiger partial charge on any atom is 0.260 e. The Morgan fingerprint density at radius 2 is 2.20 bits per heavy atom. The van der Waals surface area contributed by atoms with E-state index in [1.807, 2.05) is 6.92 Å². The van der Waals surface area contributed by atoms with Crippen LogP contribution in [0, 0.1) is 12.8 Å². The van der Waals surface area contributed by atoms with Crippen molar-refractivity contribution in [2.45, 2.75) is 30.8 Å². The predicted octanol–water partition coefficient (Wildman–Crippen LogP) is 1.01. The molecular weight excluding hydrogens is 298 g/mol. The number of nitrogens with one attached hydrogen (secondary N) is 1. The van der Waals surface area contributed by atoms with Crippen LogP contribution >= 0.6 is 11.3 Å². The van der Waals surface area contributed by atoms with Crippen molar-refractivity contribution >= 4 is 21.4 Å². The van der Waals surface area contributed by atoms with Crippen molar-refractivity contribution < 1.29 is 8.42 Å². The van der Waals surface area contributed by atoms with E-state index in [-0.39, 0.29) is 11.1 Å². The zero-order valence-corrected chi connectivity index (χ0v) is 12.8. The molecule has 1 atom stereocenters. The first-order valence-corrected chi connectivity index (χ1v) is 8.56. The molecule has 1 N–H and O–H groups in total. The third-order valence-electron chi connectivity index (χ3n) is 3.23. The average Bonchev–Trinajstić information content (AvgIpc) is 2.99. The molecule has 2 heterocycles. The molecule has 1 aliphatic rings. The highest BCUT2D eigenvalue weighted by Crippen LogP contribution is 2.42. The number of sulfonamides is 1. The summed E-state index contributed by atoms with van der Waals surface area (Å²) < 4.78 is 28.8. The summed E-state index contributed by atoms with van der Waals surface area (Å²) in [6.07, 6.45) is 5.07. The van der Waals surface area contributed by atoms with E-state index in [9.17, 15) is 8.42 Å². The Balaban J connectivity index is 1.89. The maximum atomic E-state index is 12.4. The first-order valence-electron chi connectivity index (χ1n) is 6.27. The van der Waals surface area contributed by atoms with Crippen LogP contribution in [0.5, 0.6) is 0 Å². The lowest BCUT2D eigenvalue weighted by Gasteiger charge is -2.15. The Bertz CT molecular complexity index is 717. The summed E-state index contributed by atoms with van der Waals surface area (Å²) in [7, 11) is -2.08. The van der Waals surface area contributed by atoms with Crippen molar-refractivity contribution in [3.05, 3.63) is 22.3 Å². The minimum Gasteiger partial charge on any atom is -0.248 e. The fourth-order valence-corrected chi connectivity index (χ4v) is 4.37. The van der Waals surface area contributed by atoms with Gasteiger partial charge in [-0.05, 0) is 25.7 Å². The molecular formula is C11H15N5O2S2. The van der Waals surface area contributed by atoms with Crippen molar-refractivity contribution in [1.82, 2.24) is 24.7 Å². The number of nitrogens with zero attached hydrogens (tertiary/aromatic N) is 4. The van der Waals surface area contributed by atoms with E-state index in [0.717, 1.165) is 22.7 Å². The molecule has 2 aromatic heterocycles. The molecule has 0 aromatic carbocycles. The molecule has 0 amide bonds. The number of thiazole rings is 1. The summed E-state index contributed by atoms with van der Waals surface area (Å²) >= 11 is 1.53. The van der Waals surface area contributed by atoms with E-state index in [4.69, 9.17) is 0 Å². The zero-order chi connectivity index (χ0) is 14.3. The molecule has 0 radical (unpaired) electrons. The van der Waals surface area contributed by atoms with E-state index in [0.29, 0.717) is 5.92 Å². The lowest BCUT2D eigenvalue weighted by Crippen LogP contribution is -2.31. The molecule has 0 bridgehead atoms. The van der Waals surface area contributed by atoms with E-state index in [2.05, 4.69) is 20.0 Å². The van der Waals surface area contributed by atoms with Crippen molar-refractivity contribution in [2.75, 3.05) is 0 Å². The normalized spacial score (nSPS) is 17.3.